The highest BCUT2D eigenvalue weighted by Gasteiger charge is 2.08. The molecule has 1 atom stereocenters. The quantitative estimate of drug-likeness (QED) is 0.889. The summed E-state index contributed by atoms with van der Waals surface area (Å²) < 4.78 is 0. The number of carbonyl (C=O) groups excluding carboxylic acids is 1. The van der Waals surface area contributed by atoms with E-state index in [4.69, 9.17) is 0 Å². The lowest BCUT2D eigenvalue weighted by Crippen LogP contribution is -2.32. The van der Waals surface area contributed by atoms with Crippen molar-refractivity contribution >= 4 is 17.2 Å². The van der Waals surface area contributed by atoms with Gasteiger partial charge in [0.1, 0.15) is 5.01 Å². The van der Waals surface area contributed by atoms with Crippen molar-refractivity contribution in [2.24, 2.45) is 0 Å². The van der Waals surface area contributed by atoms with Crippen LogP contribution in [0.4, 0.5) is 0 Å². The Balaban J connectivity index is 1.89. The number of pyridine rings is 1. The van der Waals surface area contributed by atoms with Crippen LogP contribution in [0.1, 0.15) is 32.4 Å². The number of nitrogens with one attached hydrogen (secondary N) is 1. The zero-order valence-corrected chi connectivity index (χ0v) is 12.6. The summed E-state index contributed by atoms with van der Waals surface area (Å²) in [6, 6.07) is 4.13. The fraction of sp³-hybridized carbons (Fsp3) is 0.400. The zero-order chi connectivity index (χ0) is 14.4. The number of aryl methyl sites for hydroxylation is 1. The minimum atomic E-state index is 0.0952. The maximum absolute atomic E-state index is 11.7. The molecule has 5 heteroatoms. The standard InChI is InChI=1S/C15H19N3OS/c1-3-11(2)17-14(19)5-4-13-10-20-15(18-13)12-6-8-16-9-7-12/h6-11H,3-5H2,1-2H3,(H,17,19). The molecule has 0 aliphatic rings. The van der Waals surface area contributed by atoms with Crippen molar-refractivity contribution in [1.29, 1.82) is 0 Å². The molecule has 2 heterocycles. The maximum atomic E-state index is 11.7. The molecule has 0 spiro atoms. The van der Waals surface area contributed by atoms with E-state index in [1.54, 1.807) is 23.7 Å². The number of nitrogens with zero attached hydrogens (tertiary/aromatic N) is 2. The van der Waals surface area contributed by atoms with Crippen LogP contribution in [-0.4, -0.2) is 21.9 Å². The number of hydrogen-bond donors (Lipinski definition) is 1. The molecule has 0 radical (unpaired) electrons. The van der Waals surface area contributed by atoms with E-state index in [1.807, 2.05) is 24.4 Å². The Labute approximate surface area is 123 Å². The maximum Gasteiger partial charge on any atom is 0.220 e. The van der Waals surface area contributed by atoms with Crippen LogP contribution in [0, 0.1) is 0 Å². The number of carbonyl (C=O) groups is 1. The minimum absolute atomic E-state index is 0.0952. The molecule has 2 aromatic heterocycles. The largest absolute Gasteiger partial charge is 0.354 e. The van der Waals surface area contributed by atoms with Crippen LogP contribution in [0.25, 0.3) is 10.6 Å². The second-order valence-corrected chi connectivity index (χ2v) is 5.61. The Morgan fingerprint density at radius 2 is 2.15 bits per heavy atom. The number of thiazole rings is 1. The second-order valence-electron chi connectivity index (χ2n) is 4.76. The van der Waals surface area contributed by atoms with Crippen molar-refractivity contribution < 1.29 is 4.79 Å². The normalized spacial score (nSPS) is 12.1. The van der Waals surface area contributed by atoms with Gasteiger partial charge in [0, 0.05) is 35.8 Å². The second kappa shape index (κ2) is 7.14. The molecular weight excluding hydrogens is 270 g/mol. The molecule has 0 fully saturated rings. The van der Waals surface area contributed by atoms with Gasteiger partial charge >= 0.3 is 0 Å². The van der Waals surface area contributed by atoms with Crippen LogP contribution in [-0.2, 0) is 11.2 Å². The van der Waals surface area contributed by atoms with E-state index in [2.05, 4.69) is 22.2 Å². The number of aromatic nitrogens is 2. The van der Waals surface area contributed by atoms with Crippen molar-refractivity contribution in [2.75, 3.05) is 0 Å². The molecule has 1 N–H and O–H groups in total. The van der Waals surface area contributed by atoms with Crippen LogP contribution in [0.3, 0.4) is 0 Å². The Morgan fingerprint density at radius 3 is 2.85 bits per heavy atom. The Morgan fingerprint density at radius 1 is 1.40 bits per heavy atom. The van der Waals surface area contributed by atoms with E-state index in [9.17, 15) is 4.79 Å². The predicted molar refractivity (Wildman–Crippen MR) is 81.6 cm³/mol. The molecule has 0 aliphatic carbocycles. The highest BCUT2D eigenvalue weighted by molar-refractivity contribution is 7.13. The molecule has 20 heavy (non-hydrogen) atoms. The van der Waals surface area contributed by atoms with Crippen LogP contribution in [0.15, 0.2) is 29.9 Å². The van der Waals surface area contributed by atoms with Gasteiger partial charge in [-0.25, -0.2) is 4.98 Å². The van der Waals surface area contributed by atoms with Gasteiger partial charge in [-0.1, -0.05) is 6.92 Å². The Kier molecular flexibility index (Phi) is 5.24. The first-order chi connectivity index (χ1) is 9.69. The van der Waals surface area contributed by atoms with Crippen LogP contribution in [0.2, 0.25) is 0 Å². The molecule has 1 unspecified atom stereocenters. The predicted octanol–water partition coefficient (Wildman–Crippen LogP) is 3.05. The molecule has 0 bridgehead atoms. The fourth-order valence-corrected chi connectivity index (χ4v) is 2.60. The van der Waals surface area contributed by atoms with E-state index in [0.29, 0.717) is 12.8 Å². The topological polar surface area (TPSA) is 54.9 Å². The third-order valence-corrected chi connectivity index (χ3v) is 4.05. The van der Waals surface area contributed by atoms with Gasteiger partial charge in [0.2, 0.25) is 5.91 Å². The van der Waals surface area contributed by atoms with Gasteiger partial charge in [-0.05, 0) is 31.9 Å². The van der Waals surface area contributed by atoms with Crippen molar-refractivity contribution in [1.82, 2.24) is 15.3 Å². The summed E-state index contributed by atoms with van der Waals surface area (Å²) in [6.45, 7) is 4.08. The van der Waals surface area contributed by atoms with Gasteiger partial charge in [-0.3, -0.25) is 9.78 Å². The molecule has 0 aromatic carbocycles. The van der Waals surface area contributed by atoms with Gasteiger partial charge in [-0.15, -0.1) is 11.3 Å². The monoisotopic (exact) mass is 289 g/mol. The lowest BCUT2D eigenvalue weighted by atomic mass is 10.2. The fourth-order valence-electron chi connectivity index (χ4n) is 1.74. The molecular formula is C15H19N3OS. The minimum Gasteiger partial charge on any atom is -0.354 e. The van der Waals surface area contributed by atoms with Crippen molar-refractivity contribution in [3.63, 3.8) is 0 Å². The third kappa shape index (κ3) is 4.13. The summed E-state index contributed by atoms with van der Waals surface area (Å²) in [4.78, 5) is 20.3. The van der Waals surface area contributed by atoms with Crippen molar-refractivity contribution in [3.05, 3.63) is 35.6 Å². The molecule has 0 saturated carbocycles. The van der Waals surface area contributed by atoms with E-state index in [0.717, 1.165) is 22.7 Å². The summed E-state index contributed by atoms with van der Waals surface area (Å²) in [6.07, 6.45) is 5.65. The lowest BCUT2D eigenvalue weighted by Gasteiger charge is -2.10. The van der Waals surface area contributed by atoms with Crippen LogP contribution in [0.5, 0.6) is 0 Å². The van der Waals surface area contributed by atoms with Crippen molar-refractivity contribution in [2.45, 2.75) is 39.2 Å². The summed E-state index contributed by atoms with van der Waals surface area (Å²) in [5.41, 5.74) is 2.04. The van der Waals surface area contributed by atoms with Gasteiger partial charge < -0.3 is 5.32 Å². The lowest BCUT2D eigenvalue weighted by molar-refractivity contribution is -0.121. The highest BCUT2D eigenvalue weighted by Crippen LogP contribution is 2.23. The van der Waals surface area contributed by atoms with Gasteiger partial charge in [0.05, 0.1) is 5.69 Å². The average Bonchev–Trinajstić information content (AvgIpc) is 2.95. The Bertz CT molecular complexity index is 553. The molecule has 0 saturated heterocycles. The van der Waals surface area contributed by atoms with E-state index >= 15 is 0 Å². The Hall–Kier alpha value is -1.75. The highest BCUT2D eigenvalue weighted by atomic mass is 32.1. The van der Waals surface area contributed by atoms with Gasteiger partial charge in [0.15, 0.2) is 0 Å². The van der Waals surface area contributed by atoms with E-state index < -0.39 is 0 Å². The molecule has 4 nitrogen and oxygen atoms in total. The third-order valence-electron chi connectivity index (χ3n) is 3.11. The van der Waals surface area contributed by atoms with E-state index in [1.165, 1.54) is 0 Å². The van der Waals surface area contributed by atoms with E-state index in [-0.39, 0.29) is 11.9 Å². The first kappa shape index (κ1) is 14.7. The summed E-state index contributed by atoms with van der Waals surface area (Å²) in [5, 5.41) is 5.96. The smallest absolute Gasteiger partial charge is 0.220 e. The van der Waals surface area contributed by atoms with Crippen LogP contribution >= 0.6 is 11.3 Å². The molecule has 0 aliphatic heterocycles. The number of amides is 1. The summed E-state index contributed by atoms with van der Waals surface area (Å²) >= 11 is 1.60. The summed E-state index contributed by atoms with van der Waals surface area (Å²) in [7, 11) is 0. The molecule has 2 rings (SSSR count). The molecule has 1 amide bonds. The van der Waals surface area contributed by atoms with Crippen LogP contribution < -0.4 is 5.32 Å². The first-order valence-corrected chi connectivity index (χ1v) is 7.71. The number of rotatable bonds is 6. The number of hydrogen-bond acceptors (Lipinski definition) is 4. The zero-order valence-electron chi connectivity index (χ0n) is 11.8. The first-order valence-electron chi connectivity index (χ1n) is 6.83. The van der Waals surface area contributed by atoms with Gasteiger partial charge in [-0.2, -0.15) is 0 Å². The molecule has 2 aromatic rings. The average molecular weight is 289 g/mol. The SMILES string of the molecule is CCC(C)NC(=O)CCc1csc(-c2ccncc2)n1. The van der Waals surface area contributed by atoms with Crippen molar-refractivity contribution in [3.8, 4) is 10.6 Å². The summed E-state index contributed by atoms with van der Waals surface area (Å²) in [5.74, 6) is 0.0952. The molecule has 106 valence electrons. The van der Waals surface area contributed by atoms with Gasteiger partial charge in [0.25, 0.3) is 0 Å².